The molecule has 1 aromatic rings. The van der Waals surface area contributed by atoms with Gasteiger partial charge >= 0.3 is 5.97 Å². The molecule has 144 valence electrons. The standard InChI is InChI=1S/C18H25NO5S2/c1-12(2)14-4-6-15(7-5-14)19-18(21)13(3)24-17(20)10-25-16-8-9-26(22,23)11-16/h4-7,12-13,16H,8-11H2,1-3H3,(H,19,21)/t13-,16+/m0/s1. The molecule has 1 amide bonds. The van der Waals surface area contributed by atoms with Gasteiger partial charge in [-0.3, -0.25) is 9.59 Å². The van der Waals surface area contributed by atoms with Crippen LogP contribution in [0.2, 0.25) is 0 Å². The van der Waals surface area contributed by atoms with Crippen molar-refractivity contribution in [3.8, 4) is 0 Å². The Kier molecular flexibility index (Phi) is 7.11. The number of sulfone groups is 1. The number of carbonyl (C=O) groups excluding carboxylic acids is 2. The third kappa shape index (κ3) is 6.32. The third-order valence-corrected chi connectivity index (χ3v) is 7.40. The van der Waals surface area contributed by atoms with Crippen LogP contribution in [0.3, 0.4) is 0 Å². The molecule has 0 radical (unpaired) electrons. The molecule has 1 aliphatic rings. The van der Waals surface area contributed by atoms with E-state index in [0.29, 0.717) is 18.0 Å². The van der Waals surface area contributed by atoms with Gasteiger partial charge in [-0.1, -0.05) is 26.0 Å². The van der Waals surface area contributed by atoms with Gasteiger partial charge in [0, 0.05) is 10.9 Å². The van der Waals surface area contributed by atoms with E-state index >= 15 is 0 Å². The van der Waals surface area contributed by atoms with Crippen LogP contribution in [0, 0.1) is 0 Å². The largest absolute Gasteiger partial charge is 0.452 e. The molecule has 1 N–H and O–H groups in total. The zero-order valence-electron chi connectivity index (χ0n) is 15.2. The van der Waals surface area contributed by atoms with Crippen LogP contribution in [0.5, 0.6) is 0 Å². The van der Waals surface area contributed by atoms with Crippen LogP contribution in [-0.2, 0) is 24.2 Å². The average molecular weight is 400 g/mol. The van der Waals surface area contributed by atoms with E-state index < -0.39 is 27.8 Å². The van der Waals surface area contributed by atoms with Crippen LogP contribution >= 0.6 is 11.8 Å². The summed E-state index contributed by atoms with van der Waals surface area (Å²) in [6.45, 7) is 5.70. The van der Waals surface area contributed by atoms with Gasteiger partial charge in [0.05, 0.1) is 17.3 Å². The number of hydrogen-bond donors (Lipinski definition) is 1. The molecule has 1 aliphatic heterocycles. The van der Waals surface area contributed by atoms with Gasteiger partial charge in [-0.05, 0) is 37.0 Å². The fourth-order valence-electron chi connectivity index (χ4n) is 2.56. The molecule has 1 aromatic carbocycles. The second-order valence-electron chi connectivity index (χ2n) is 6.73. The average Bonchev–Trinajstić information content (AvgIpc) is 2.92. The number of thioether (sulfide) groups is 1. The minimum atomic E-state index is -2.96. The lowest BCUT2D eigenvalue weighted by Crippen LogP contribution is -2.30. The van der Waals surface area contributed by atoms with Gasteiger partial charge in [0.25, 0.3) is 5.91 Å². The lowest BCUT2D eigenvalue weighted by atomic mass is 10.0. The Morgan fingerprint density at radius 2 is 1.88 bits per heavy atom. The molecule has 2 rings (SSSR count). The molecule has 6 nitrogen and oxygen atoms in total. The van der Waals surface area contributed by atoms with Crippen molar-refractivity contribution in [2.75, 3.05) is 22.6 Å². The van der Waals surface area contributed by atoms with Crippen molar-refractivity contribution in [3.05, 3.63) is 29.8 Å². The molecule has 0 unspecified atom stereocenters. The molecule has 2 atom stereocenters. The molecule has 8 heteroatoms. The van der Waals surface area contributed by atoms with Crippen LogP contribution in [0.1, 0.15) is 38.7 Å². The molecular formula is C18H25NO5S2. The van der Waals surface area contributed by atoms with Crippen molar-refractivity contribution in [2.24, 2.45) is 0 Å². The number of nitrogens with one attached hydrogen (secondary N) is 1. The zero-order valence-corrected chi connectivity index (χ0v) is 16.9. The van der Waals surface area contributed by atoms with Crippen molar-refractivity contribution >= 4 is 39.2 Å². The predicted molar refractivity (Wildman–Crippen MR) is 104 cm³/mol. The molecule has 0 aliphatic carbocycles. The lowest BCUT2D eigenvalue weighted by molar-refractivity contribution is -0.150. The molecular weight excluding hydrogens is 374 g/mol. The van der Waals surface area contributed by atoms with E-state index in [1.807, 2.05) is 24.3 Å². The monoisotopic (exact) mass is 399 g/mol. The summed E-state index contributed by atoms with van der Waals surface area (Å²) in [4.78, 5) is 24.0. The van der Waals surface area contributed by atoms with E-state index in [1.54, 1.807) is 0 Å². The van der Waals surface area contributed by atoms with Crippen LogP contribution in [0.25, 0.3) is 0 Å². The van der Waals surface area contributed by atoms with E-state index in [2.05, 4.69) is 19.2 Å². The molecule has 0 spiro atoms. The molecule has 1 heterocycles. The molecule has 26 heavy (non-hydrogen) atoms. The summed E-state index contributed by atoms with van der Waals surface area (Å²) in [5.41, 5.74) is 1.82. The maximum atomic E-state index is 12.1. The maximum Gasteiger partial charge on any atom is 0.316 e. The van der Waals surface area contributed by atoms with Gasteiger partial charge in [0.1, 0.15) is 0 Å². The summed E-state index contributed by atoms with van der Waals surface area (Å²) in [5, 5.41) is 2.65. The highest BCUT2D eigenvalue weighted by molar-refractivity contribution is 8.02. The second-order valence-corrected chi connectivity index (χ2v) is 10.3. The Morgan fingerprint density at radius 3 is 2.42 bits per heavy atom. The number of ether oxygens (including phenoxy) is 1. The third-order valence-electron chi connectivity index (χ3n) is 4.15. The Labute approximate surface area is 159 Å². The molecule has 0 aromatic heterocycles. The van der Waals surface area contributed by atoms with Gasteiger partial charge in [-0.15, -0.1) is 11.8 Å². The van der Waals surface area contributed by atoms with Crippen molar-refractivity contribution in [3.63, 3.8) is 0 Å². The highest BCUT2D eigenvalue weighted by Crippen LogP contribution is 2.24. The number of hydrogen-bond acceptors (Lipinski definition) is 6. The van der Waals surface area contributed by atoms with Gasteiger partial charge in [0.15, 0.2) is 15.9 Å². The lowest BCUT2D eigenvalue weighted by Gasteiger charge is -2.15. The minimum Gasteiger partial charge on any atom is -0.452 e. The predicted octanol–water partition coefficient (Wildman–Crippen LogP) is 2.60. The smallest absolute Gasteiger partial charge is 0.316 e. The van der Waals surface area contributed by atoms with Crippen molar-refractivity contribution in [1.82, 2.24) is 0 Å². The van der Waals surface area contributed by atoms with Crippen molar-refractivity contribution in [1.29, 1.82) is 0 Å². The Hall–Kier alpha value is -1.54. The number of esters is 1. The van der Waals surface area contributed by atoms with E-state index in [1.165, 1.54) is 24.2 Å². The van der Waals surface area contributed by atoms with Gasteiger partial charge < -0.3 is 10.1 Å². The maximum absolute atomic E-state index is 12.1. The van der Waals surface area contributed by atoms with Crippen molar-refractivity contribution < 1.29 is 22.7 Å². The number of anilines is 1. The minimum absolute atomic E-state index is 0.0426. The number of rotatable bonds is 7. The summed E-state index contributed by atoms with van der Waals surface area (Å²) in [6, 6.07) is 7.53. The molecule has 1 saturated heterocycles. The van der Waals surface area contributed by atoms with Crippen LogP contribution in [0.15, 0.2) is 24.3 Å². The quantitative estimate of drug-likeness (QED) is 0.709. The van der Waals surface area contributed by atoms with Crippen molar-refractivity contribution in [2.45, 2.75) is 44.5 Å². The first-order valence-electron chi connectivity index (χ1n) is 8.58. The Balaban J connectivity index is 1.76. The molecule has 0 saturated carbocycles. The Morgan fingerprint density at radius 1 is 1.23 bits per heavy atom. The topological polar surface area (TPSA) is 89.5 Å². The summed E-state index contributed by atoms with van der Waals surface area (Å²) < 4.78 is 27.9. The number of benzene rings is 1. The zero-order chi connectivity index (χ0) is 19.3. The van der Waals surface area contributed by atoms with Gasteiger partial charge in [-0.25, -0.2) is 8.42 Å². The summed E-state index contributed by atoms with van der Waals surface area (Å²) in [7, 11) is -2.96. The number of amides is 1. The fourth-order valence-corrected chi connectivity index (χ4v) is 5.98. The van der Waals surface area contributed by atoms with Crippen LogP contribution in [-0.4, -0.2) is 48.9 Å². The SMILES string of the molecule is CC(C)c1ccc(NC(=O)[C@H](C)OC(=O)CS[C@@H]2CCS(=O)(=O)C2)cc1. The van der Waals surface area contributed by atoms with E-state index in [0.717, 1.165) is 0 Å². The highest BCUT2D eigenvalue weighted by Gasteiger charge is 2.29. The fraction of sp³-hybridized carbons (Fsp3) is 0.556. The van der Waals surface area contributed by atoms with E-state index in [-0.39, 0.29) is 22.5 Å². The van der Waals surface area contributed by atoms with Crippen LogP contribution < -0.4 is 5.32 Å². The highest BCUT2D eigenvalue weighted by atomic mass is 32.2. The van der Waals surface area contributed by atoms with Gasteiger partial charge in [0.2, 0.25) is 0 Å². The second kappa shape index (κ2) is 8.90. The van der Waals surface area contributed by atoms with E-state index in [9.17, 15) is 18.0 Å². The summed E-state index contributed by atoms with van der Waals surface area (Å²) >= 11 is 1.27. The molecule has 1 fully saturated rings. The van der Waals surface area contributed by atoms with E-state index in [4.69, 9.17) is 4.74 Å². The first kappa shape index (κ1) is 20.8. The summed E-state index contributed by atoms with van der Waals surface area (Å²) in [6.07, 6.45) is -0.358. The first-order chi connectivity index (χ1) is 12.2. The number of carbonyl (C=O) groups is 2. The van der Waals surface area contributed by atoms with Gasteiger partial charge in [-0.2, -0.15) is 0 Å². The summed E-state index contributed by atoms with van der Waals surface area (Å²) in [5.74, 6) is -0.185. The van der Waals surface area contributed by atoms with Crippen LogP contribution in [0.4, 0.5) is 5.69 Å². The first-order valence-corrected chi connectivity index (χ1v) is 11.5. The Bertz CT molecular complexity index is 743. The molecule has 0 bridgehead atoms. The normalized spacial score (nSPS) is 19.9.